The van der Waals surface area contributed by atoms with Crippen LogP contribution >= 0.6 is 0 Å². The van der Waals surface area contributed by atoms with Crippen LogP contribution in [0.15, 0.2) is 104 Å². The molecule has 0 aliphatic carbocycles. The molecule has 0 aliphatic heterocycles. The molecule has 2 aromatic heterocycles. The Morgan fingerprint density at radius 2 is 1.39 bits per heavy atom. The lowest BCUT2D eigenvalue weighted by molar-refractivity contribution is 1.09. The third-order valence-electron chi connectivity index (χ3n) is 5.94. The average molecular weight is 427 g/mol. The molecular formula is C31H26N2. The van der Waals surface area contributed by atoms with Crippen molar-refractivity contribution in [3.63, 3.8) is 0 Å². The lowest BCUT2D eigenvalue weighted by Gasteiger charge is -2.14. The minimum Gasteiger partial charge on any atom is -0.309 e. The molecule has 0 saturated carbocycles. The highest BCUT2D eigenvalue weighted by atomic mass is 15.0. The number of nitrogens with zero attached hydrogens (tertiary/aromatic N) is 2. The van der Waals surface area contributed by atoms with Gasteiger partial charge in [0.1, 0.15) is 0 Å². The molecule has 33 heavy (non-hydrogen) atoms. The molecule has 5 aromatic rings. The van der Waals surface area contributed by atoms with Gasteiger partial charge in [-0.3, -0.25) is 0 Å². The predicted octanol–water partition coefficient (Wildman–Crippen LogP) is 8.34. The van der Waals surface area contributed by atoms with Crippen molar-refractivity contribution in [3.8, 4) is 28.2 Å². The zero-order valence-corrected chi connectivity index (χ0v) is 19.0. The molecule has 0 unspecified atom stereocenters. The molecule has 3 aromatic carbocycles. The quantitative estimate of drug-likeness (QED) is 0.276. The summed E-state index contributed by atoms with van der Waals surface area (Å²) in [6.07, 6.45) is 6.21. The number of benzene rings is 3. The largest absolute Gasteiger partial charge is 0.309 e. The average Bonchev–Trinajstić information content (AvgIpc) is 3.17. The van der Waals surface area contributed by atoms with E-state index in [2.05, 4.69) is 116 Å². The summed E-state index contributed by atoms with van der Waals surface area (Å²) in [5.74, 6) is 0. The second kappa shape index (κ2) is 8.76. The minimum atomic E-state index is 0.951. The van der Waals surface area contributed by atoms with E-state index < -0.39 is 0 Å². The second-order valence-electron chi connectivity index (χ2n) is 8.19. The van der Waals surface area contributed by atoms with Crippen molar-refractivity contribution in [1.29, 1.82) is 0 Å². The molecule has 5 rings (SSSR count). The third kappa shape index (κ3) is 3.81. The molecule has 2 heterocycles. The zero-order chi connectivity index (χ0) is 22.8. The molecule has 0 amide bonds. The minimum absolute atomic E-state index is 0.951. The van der Waals surface area contributed by atoms with Crippen LogP contribution in [0.4, 0.5) is 0 Å². The van der Waals surface area contributed by atoms with Gasteiger partial charge in [-0.2, -0.15) is 0 Å². The Labute approximate surface area is 195 Å². The molecule has 0 spiro atoms. The SMILES string of the molecule is C=Cc1c(/C=C\C)n(-c2cc(-c3ccccc3)nc(-c3ccccc3)c2)c2ccc(C)cc12. The summed E-state index contributed by atoms with van der Waals surface area (Å²) >= 11 is 0. The van der Waals surface area contributed by atoms with Crippen LogP contribution in [-0.2, 0) is 0 Å². The molecule has 0 aliphatic rings. The Balaban J connectivity index is 1.86. The fourth-order valence-corrected chi connectivity index (χ4v) is 4.42. The number of fused-ring (bicyclic) bond motifs is 1. The maximum absolute atomic E-state index is 5.04. The van der Waals surface area contributed by atoms with Gasteiger partial charge in [0.25, 0.3) is 0 Å². The van der Waals surface area contributed by atoms with Crippen LogP contribution in [0, 0.1) is 6.92 Å². The van der Waals surface area contributed by atoms with Gasteiger partial charge in [-0.05, 0) is 44.2 Å². The highest BCUT2D eigenvalue weighted by Gasteiger charge is 2.17. The van der Waals surface area contributed by atoms with Gasteiger partial charge in [0.2, 0.25) is 0 Å². The maximum Gasteiger partial charge on any atom is 0.0730 e. The van der Waals surface area contributed by atoms with Crippen molar-refractivity contribution in [2.75, 3.05) is 0 Å². The fraction of sp³-hybridized carbons (Fsp3) is 0.0645. The van der Waals surface area contributed by atoms with Gasteiger partial charge in [0.15, 0.2) is 0 Å². The van der Waals surface area contributed by atoms with Gasteiger partial charge in [-0.15, -0.1) is 0 Å². The summed E-state index contributed by atoms with van der Waals surface area (Å²) in [6.45, 7) is 8.32. The lowest BCUT2D eigenvalue weighted by atomic mass is 10.1. The van der Waals surface area contributed by atoms with Crippen LogP contribution in [0.3, 0.4) is 0 Å². The van der Waals surface area contributed by atoms with Gasteiger partial charge in [-0.1, -0.05) is 91.0 Å². The predicted molar refractivity (Wildman–Crippen MR) is 141 cm³/mol. The highest BCUT2D eigenvalue weighted by molar-refractivity contribution is 5.96. The Morgan fingerprint density at radius 3 is 1.94 bits per heavy atom. The number of aromatic nitrogens is 2. The number of aryl methyl sites for hydroxylation is 1. The van der Waals surface area contributed by atoms with Crippen molar-refractivity contribution < 1.29 is 0 Å². The van der Waals surface area contributed by atoms with Gasteiger partial charge in [-0.25, -0.2) is 4.98 Å². The van der Waals surface area contributed by atoms with E-state index in [1.165, 1.54) is 10.9 Å². The van der Waals surface area contributed by atoms with E-state index in [1.54, 1.807) is 0 Å². The summed E-state index contributed by atoms with van der Waals surface area (Å²) in [4.78, 5) is 5.04. The van der Waals surface area contributed by atoms with E-state index in [0.29, 0.717) is 0 Å². The molecule has 0 saturated heterocycles. The number of hydrogen-bond acceptors (Lipinski definition) is 1. The van der Waals surface area contributed by atoms with E-state index in [0.717, 1.165) is 45.0 Å². The van der Waals surface area contributed by atoms with E-state index in [-0.39, 0.29) is 0 Å². The highest BCUT2D eigenvalue weighted by Crippen LogP contribution is 2.35. The molecular weight excluding hydrogens is 400 g/mol. The summed E-state index contributed by atoms with van der Waals surface area (Å²) in [6, 6.07) is 31.7. The molecule has 0 radical (unpaired) electrons. The first-order valence-electron chi connectivity index (χ1n) is 11.2. The first-order chi connectivity index (χ1) is 16.2. The summed E-state index contributed by atoms with van der Waals surface area (Å²) in [5.41, 5.74) is 9.84. The topological polar surface area (TPSA) is 17.8 Å². The first kappa shape index (κ1) is 20.7. The van der Waals surface area contributed by atoms with Crippen molar-refractivity contribution >= 4 is 23.1 Å². The lowest BCUT2D eigenvalue weighted by Crippen LogP contribution is -2.00. The van der Waals surface area contributed by atoms with Crippen LogP contribution in [0.25, 0.3) is 51.3 Å². The third-order valence-corrected chi connectivity index (χ3v) is 5.94. The summed E-state index contributed by atoms with van der Waals surface area (Å²) < 4.78 is 2.33. The second-order valence-corrected chi connectivity index (χ2v) is 8.19. The van der Waals surface area contributed by atoms with Crippen molar-refractivity contribution in [2.45, 2.75) is 13.8 Å². The number of hydrogen-bond donors (Lipinski definition) is 0. The van der Waals surface area contributed by atoms with Gasteiger partial charge >= 0.3 is 0 Å². The Bertz CT molecular complexity index is 1410. The van der Waals surface area contributed by atoms with Crippen LogP contribution in [-0.4, -0.2) is 9.55 Å². The zero-order valence-electron chi connectivity index (χ0n) is 19.0. The molecule has 0 N–H and O–H groups in total. The normalized spacial score (nSPS) is 11.3. The molecule has 0 fully saturated rings. The van der Waals surface area contributed by atoms with E-state index in [1.807, 2.05) is 18.2 Å². The standard InChI is InChI=1S/C31H26N2/c1-4-12-30-26(5-2)27-19-22(3)17-18-31(27)33(30)25-20-28(23-13-8-6-9-14-23)32-29(21-25)24-15-10-7-11-16-24/h4-21H,2H2,1,3H3/b12-4-. The Hall–Kier alpha value is -4.17. The van der Waals surface area contributed by atoms with E-state index in [9.17, 15) is 0 Å². The number of rotatable bonds is 5. The molecule has 0 bridgehead atoms. The van der Waals surface area contributed by atoms with Crippen molar-refractivity contribution in [2.24, 2.45) is 0 Å². The van der Waals surface area contributed by atoms with Gasteiger partial charge in [0.05, 0.1) is 28.3 Å². The molecule has 0 atom stereocenters. The smallest absolute Gasteiger partial charge is 0.0730 e. The van der Waals surface area contributed by atoms with E-state index >= 15 is 0 Å². The van der Waals surface area contributed by atoms with E-state index in [4.69, 9.17) is 4.98 Å². The maximum atomic E-state index is 5.04. The van der Waals surface area contributed by atoms with Crippen LogP contribution in [0.5, 0.6) is 0 Å². The van der Waals surface area contributed by atoms with Crippen molar-refractivity contribution in [3.05, 3.63) is 120 Å². The number of allylic oxidation sites excluding steroid dienone is 1. The molecule has 160 valence electrons. The Morgan fingerprint density at radius 1 is 0.788 bits per heavy atom. The number of pyridine rings is 1. The van der Waals surface area contributed by atoms with Crippen LogP contribution < -0.4 is 0 Å². The van der Waals surface area contributed by atoms with Gasteiger partial charge in [0, 0.05) is 22.1 Å². The Kier molecular flexibility index (Phi) is 5.50. The van der Waals surface area contributed by atoms with Crippen LogP contribution in [0.2, 0.25) is 0 Å². The van der Waals surface area contributed by atoms with Crippen molar-refractivity contribution in [1.82, 2.24) is 9.55 Å². The summed E-state index contributed by atoms with van der Waals surface area (Å²) in [5, 5.41) is 1.21. The first-order valence-corrected chi connectivity index (χ1v) is 11.2. The fourth-order valence-electron chi connectivity index (χ4n) is 4.42. The van der Waals surface area contributed by atoms with Gasteiger partial charge < -0.3 is 4.57 Å². The molecule has 2 nitrogen and oxygen atoms in total. The summed E-state index contributed by atoms with van der Waals surface area (Å²) in [7, 11) is 0. The monoisotopic (exact) mass is 426 g/mol. The molecule has 2 heteroatoms. The van der Waals surface area contributed by atoms with Crippen LogP contribution in [0.1, 0.15) is 23.7 Å².